The maximum absolute atomic E-state index is 12.7. The Labute approximate surface area is 148 Å². The number of carbonyl (C=O) groups excluding carboxylic acids is 1. The number of carbonyl (C=O) groups is 2. The molecule has 1 aliphatic heterocycles. The lowest BCUT2D eigenvalue weighted by Gasteiger charge is -2.33. The Balaban J connectivity index is 1.84. The smallest absolute Gasteiger partial charge is 0.311 e. The van der Waals surface area contributed by atoms with Crippen molar-refractivity contribution in [1.82, 2.24) is 5.32 Å². The van der Waals surface area contributed by atoms with Gasteiger partial charge in [-0.2, -0.15) is 0 Å². The van der Waals surface area contributed by atoms with Crippen LogP contribution in [0.5, 0.6) is 0 Å². The van der Waals surface area contributed by atoms with E-state index in [1.54, 1.807) is 6.07 Å². The van der Waals surface area contributed by atoms with Crippen LogP contribution in [-0.2, 0) is 9.53 Å². The Morgan fingerprint density at radius 1 is 1.21 bits per heavy atom. The molecule has 126 valence electrons. The molecule has 0 atom stereocenters. The number of hydrogen-bond donors (Lipinski definition) is 2. The summed E-state index contributed by atoms with van der Waals surface area (Å²) in [6.07, 6.45) is 0.809. The SMILES string of the molecule is O=C(NCC1(C(=O)O)CCOCC1)c1cc(Br)cc2ccccc12. The lowest BCUT2D eigenvalue weighted by atomic mass is 9.80. The summed E-state index contributed by atoms with van der Waals surface area (Å²) in [5.74, 6) is -1.15. The molecule has 0 aromatic heterocycles. The van der Waals surface area contributed by atoms with Gasteiger partial charge in [-0.05, 0) is 35.7 Å². The molecular weight excluding hydrogens is 374 g/mol. The molecule has 1 saturated heterocycles. The van der Waals surface area contributed by atoms with Crippen molar-refractivity contribution in [2.45, 2.75) is 12.8 Å². The van der Waals surface area contributed by atoms with Crippen molar-refractivity contribution in [3.63, 3.8) is 0 Å². The van der Waals surface area contributed by atoms with Crippen molar-refractivity contribution in [2.75, 3.05) is 19.8 Å². The highest BCUT2D eigenvalue weighted by molar-refractivity contribution is 9.10. The van der Waals surface area contributed by atoms with Gasteiger partial charge in [0.1, 0.15) is 0 Å². The molecule has 2 aromatic carbocycles. The minimum Gasteiger partial charge on any atom is -0.481 e. The summed E-state index contributed by atoms with van der Waals surface area (Å²) < 4.78 is 6.07. The van der Waals surface area contributed by atoms with Crippen molar-refractivity contribution < 1.29 is 19.4 Å². The quantitative estimate of drug-likeness (QED) is 0.838. The fourth-order valence-corrected chi connectivity index (χ4v) is 3.51. The van der Waals surface area contributed by atoms with E-state index in [-0.39, 0.29) is 12.5 Å². The molecule has 1 heterocycles. The number of hydrogen-bond acceptors (Lipinski definition) is 3. The fraction of sp³-hybridized carbons (Fsp3) is 0.333. The highest BCUT2D eigenvalue weighted by atomic mass is 79.9. The number of carboxylic acids is 1. The van der Waals surface area contributed by atoms with Crippen molar-refractivity contribution in [3.05, 3.63) is 46.4 Å². The van der Waals surface area contributed by atoms with Crippen LogP contribution in [0.4, 0.5) is 0 Å². The Bertz CT molecular complexity index is 784. The molecule has 0 spiro atoms. The minimum atomic E-state index is -0.949. The van der Waals surface area contributed by atoms with Gasteiger partial charge in [0, 0.05) is 29.8 Å². The third-order valence-electron chi connectivity index (χ3n) is 4.56. The number of nitrogens with one attached hydrogen (secondary N) is 1. The lowest BCUT2D eigenvalue weighted by Crippen LogP contribution is -2.46. The standard InChI is InChI=1S/C18H18BrNO4/c19-13-9-12-3-1-2-4-14(12)15(10-13)16(21)20-11-18(17(22)23)5-7-24-8-6-18/h1-4,9-10H,5-8,11H2,(H,20,21)(H,22,23). The number of carboxylic acid groups (broad SMARTS) is 1. The first kappa shape index (κ1) is 16.9. The molecule has 0 radical (unpaired) electrons. The molecule has 1 amide bonds. The summed E-state index contributed by atoms with van der Waals surface area (Å²) in [5, 5.41) is 14.2. The van der Waals surface area contributed by atoms with Crippen LogP contribution in [0.2, 0.25) is 0 Å². The zero-order valence-corrected chi connectivity index (χ0v) is 14.6. The molecule has 1 aliphatic rings. The second kappa shape index (κ2) is 6.91. The van der Waals surface area contributed by atoms with Crippen LogP contribution < -0.4 is 5.32 Å². The van der Waals surface area contributed by atoms with Gasteiger partial charge in [0.15, 0.2) is 0 Å². The Hall–Kier alpha value is -1.92. The molecule has 1 fully saturated rings. The predicted octanol–water partition coefficient (Wildman–Crippen LogP) is 3.21. The number of ether oxygens (including phenoxy) is 1. The van der Waals surface area contributed by atoms with E-state index in [1.807, 2.05) is 30.3 Å². The van der Waals surface area contributed by atoms with Gasteiger partial charge in [0.2, 0.25) is 0 Å². The Morgan fingerprint density at radius 2 is 1.92 bits per heavy atom. The van der Waals surface area contributed by atoms with Crippen LogP contribution in [0.15, 0.2) is 40.9 Å². The van der Waals surface area contributed by atoms with Gasteiger partial charge in [-0.25, -0.2) is 0 Å². The Kier molecular flexibility index (Phi) is 4.87. The zero-order chi connectivity index (χ0) is 17.2. The summed E-state index contributed by atoms with van der Waals surface area (Å²) in [7, 11) is 0. The van der Waals surface area contributed by atoms with Crippen LogP contribution in [-0.4, -0.2) is 36.7 Å². The topological polar surface area (TPSA) is 75.6 Å². The van der Waals surface area contributed by atoms with E-state index >= 15 is 0 Å². The third kappa shape index (κ3) is 3.30. The highest BCUT2D eigenvalue weighted by Gasteiger charge is 2.40. The molecule has 3 rings (SSSR count). The van der Waals surface area contributed by atoms with E-state index in [0.717, 1.165) is 15.2 Å². The van der Waals surface area contributed by atoms with Gasteiger partial charge in [-0.15, -0.1) is 0 Å². The van der Waals surface area contributed by atoms with Crippen LogP contribution >= 0.6 is 15.9 Å². The number of benzene rings is 2. The summed E-state index contributed by atoms with van der Waals surface area (Å²) in [6, 6.07) is 11.3. The molecule has 0 aliphatic carbocycles. The normalized spacial score (nSPS) is 16.7. The third-order valence-corrected chi connectivity index (χ3v) is 5.02. The average molecular weight is 392 g/mol. The maximum atomic E-state index is 12.7. The fourth-order valence-electron chi connectivity index (χ4n) is 3.03. The summed E-state index contributed by atoms with van der Waals surface area (Å²) in [4.78, 5) is 24.3. The van der Waals surface area contributed by atoms with E-state index in [9.17, 15) is 14.7 Å². The van der Waals surface area contributed by atoms with Gasteiger partial charge in [0.25, 0.3) is 5.91 Å². The number of aliphatic carboxylic acids is 1. The molecule has 6 heteroatoms. The first-order valence-corrected chi connectivity index (χ1v) is 8.59. The summed E-state index contributed by atoms with van der Waals surface area (Å²) in [6.45, 7) is 0.912. The number of amides is 1. The largest absolute Gasteiger partial charge is 0.481 e. The maximum Gasteiger partial charge on any atom is 0.311 e. The van der Waals surface area contributed by atoms with Crippen LogP contribution in [0, 0.1) is 5.41 Å². The van der Waals surface area contributed by atoms with Crippen LogP contribution in [0.3, 0.4) is 0 Å². The second-order valence-electron chi connectivity index (χ2n) is 6.06. The van der Waals surface area contributed by atoms with Gasteiger partial charge in [0.05, 0.1) is 5.41 Å². The second-order valence-corrected chi connectivity index (χ2v) is 6.97. The highest BCUT2D eigenvalue weighted by Crippen LogP contribution is 2.30. The molecule has 0 bridgehead atoms. The summed E-state index contributed by atoms with van der Waals surface area (Å²) in [5.41, 5.74) is -0.414. The molecule has 2 aromatic rings. The number of rotatable bonds is 4. The molecule has 0 saturated carbocycles. The van der Waals surface area contributed by atoms with E-state index in [1.165, 1.54) is 0 Å². The minimum absolute atomic E-state index is 0.103. The van der Waals surface area contributed by atoms with Gasteiger partial charge in [-0.3, -0.25) is 9.59 Å². The molecule has 2 N–H and O–H groups in total. The van der Waals surface area contributed by atoms with Crippen molar-refractivity contribution in [1.29, 1.82) is 0 Å². The van der Waals surface area contributed by atoms with E-state index in [4.69, 9.17) is 4.74 Å². The Morgan fingerprint density at radius 3 is 2.62 bits per heavy atom. The number of halogens is 1. The zero-order valence-electron chi connectivity index (χ0n) is 13.0. The number of fused-ring (bicyclic) bond motifs is 1. The molecule has 0 unspecified atom stereocenters. The molecule has 5 nitrogen and oxygen atoms in total. The van der Waals surface area contributed by atoms with Crippen molar-refractivity contribution >= 4 is 38.6 Å². The van der Waals surface area contributed by atoms with E-state index in [2.05, 4.69) is 21.2 Å². The molecule has 24 heavy (non-hydrogen) atoms. The van der Waals surface area contributed by atoms with Gasteiger partial charge in [-0.1, -0.05) is 40.2 Å². The first-order chi connectivity index (χ1) is 11.5. The monoisotopic (exact) mass is 391 g/mol. The van der Waals surface area contributed by atoms with Crippen LogP contribution in [0.25, 0.3) is 10.8 Å². The van der Waals surface area contributed by atoms with Gasteiger partial charge >= 0.3 is 5.97 Å². The van der Waals surface area contributed by atoms with Crippen LogP contribution in [0.1, 0.15) is 23.2 Å². The molecular formula is C18H18BrNO4. The van der Waals surface area contributed by atoms with Crippen molar-refractivity contribution in [3.8, 4) is 0 Å². The van der Waals surface area contributed by atoms with Gasteiger partial charge < -0.3 is 15.2 Å². The van der Waals surface area contributed by atoms with E-state index in [0.29, 0.717) is 31.6 Å². The lowest BCUT2D eigenvalue weighted by molar-refractivity contribution is -0.154. The van der Waals surface area contributed by atoms with E-state index < -0.39 is 11.4 Å². The summed E-state index contributed by atoms with van der Waals surface area (Å²) >= 11 is 3.42. The predicted molar refractivity (Wildman–Crippen MR) is 94.1 cm³/mol. The average Bonchev–Trinajstić information content (AvgIpc) is 2.59. The first-order valence-electron chi connectivity index (χ1n) is 7.79. The van der Waals surface area contributed by atoms with Crippen molar-refractivity contribution in [2.24, 2.45) is 5.41 Å².